The molecule has 0 spiro atoms. The Bertz CT molecular complexity index is 1840. The highest BCUT2D eigenvalue weighted by atomic mass is 19.1. The third-order valence-corrected chi connectivity index (χ3v) is 5.62. The van der Waals surface area contributed by atoms with Gasteiger partial charge in [0, 0.05) is 12.4 Å². The van der Waals surface area contributed by atoms with Crippen molar-refractivity contribution < 1.29 is 18.3 Å². The van der Waals surface area contributed by atoms with Crippen molar-refractivity contribution in [2.75, 3.05) is 11.1 Å². The van der Waals surface area contributed by atoms with E-state index in [1.807, 2.05) is 30.3 Å². The van der Waals surface area contributed by atoms with Gasteiger partial charge < -0.3 is 10.5 Å². The first-order valence-electron chi connectivity index (χ1n) is 12.3. The molecular weight excluding hydrogens is 550 g/mol. The third-order valence-electron chi connectivity index (χ3n) is 5.62. The Morgan fingerprint density at radius 3 is 1.95 bits per heavy atom. The van der Waals surface area contributed by atoms with Crippen LogP contribution in [-0.2, 0) is 11.3 Å². The molecule has 0 aliphatic heterocycles. The highest BCUT2D eigenvalue weighted by Crippen LogP contribution is 2.08. The van der Waals surface area contributed by atoms with Crippen molar-refractivity contribution in [3.05, 3.63) is 129 Å². The van der Waals surface area contributed by atoms with Gasteiger partial charge in [-0.1, -0.05) is 30.3 Å². The lowest BCUT2D eigenvalue weighted by molar-refractivity contribution is 0.155. The Labute approximate surface area is 237 Å². The van der Waals surface area contributed by atoms with Gasteiger partial charge in [0.2, 0.25) is 11.9 Å². The van der Waals surface area contributed by atoms with Crippen LogP contribution in [0.25, 0.3) is 11.9 Å². The predicted octanol–water partition coefficient (Wildman–Crippen LogP) is 3.48. The summed E-state index contributed by atoms with van der Waals surface area (Å²) in [6.45, 7) is 3.04. The van der Waals surface area contributed by atoms with Crippen molar-refractivity contribution in [1.29, 1.82) is 0 Å². The minimum absolute atomic E-state index is 0.00357. The summed E-state index contributed by atoms with van der Waals surface area (Å²) < 4.78 is 33.6. The number of pyridine rings is 2. The summed E-state index contributed by atoms with van der Waals surface area (Å²) in [5.41, 5.74) is 5.68. The van der Waals surface area contributed by atoms with Crippen LogP contribution in [0.3, 0.4) is 0 Å². The van der Waals surface area contributed by atoms with Crippen LogP contribution in [0.2, 0.25) is 0 Å². The fourth-order valence-electron chi connectivity index (χ4n) is 3.40. The SMILES string of the molecule is Cc1nc(-n2cccc(N)c2=O)ncc1F.Cc1nc(-n2cccc(NC(=O)OCc3ccccc3)c2=O)ncc1F. The number of aromatic nitrogens is 6. The second-order valence-electron chi connectivity index (χ2n) is 8.63. The molecule has 14 heteroatoms. The van der Waals surface area contributed by atoms with E-state index in [-0.39, 0.29) is 41.3 Å². The molecule has 0 unspecified atom stereocenters. The molecule has 0 atom stereocenters. The van der Waals surface area contributed by atoms with Gasteiger partial charge >= 0.3 is 6.09 Å². The highest BCUT2D eigenvalue weighted by molar-refractivity contribution is 5.84. The van der Waals surface area contributed by atoms with Gasteiger partial charge in [0.1, 0.15) is 12.3 Å². The number of amides is 1. The van der Waals surface area contributed by atoms with Crippen LogP contribution in [0, 0.1) is 25.5 Å². The lowest BCUT2D eigenvalue weighted by atomic mass is 10.2. The Kier molecular flexibility index (Phi) is 9.07. The van der Waals surface area contributed by atoms with E-state index in [1.165, 1.54) is 49.0 Å². The van der Waals surface area contributed by atoms with E-state index in [1.54, 1.807) is 6.07 Å². The van der Waals surface area contributed by atoms with Crippen LogP contribution < -0.4 is 22.2 Å². The Morgan fingerprint density at radius 2 is 1.38 bits per heavy atom. The monoisotopic (exact) mass is 574 g/mol. The van der Waals surface area contributed by atoms with Crippen LogP contribution in [0.1, 0.15) is 17.0 Å². The van der Waals surface area contributed by atoms with E-state index in [4.69, 9.17) is 10.5 Å². The van der Waals surface area contributed by atoms with E-state index in [0.29, 0.717) is 0 Å². The Balaban J connectivity index is 0.000000216. The second kappa shape index (κ2) is 13.0. The number of carbonyl (C=O) groups excluding carboxylic acids is 1. The molecule has 5 rings (SSSR count). The molecule has 1 amide bonds. The molecule has 3 N–H and O–H groups in total. The van der Waals surface area contributed by atoms with E-state index < -0.39 is 28.8 Å². The van der Waals surface area contributed by atoms with Crippen molar-refractivity contribution in [1.82, 2.24) is 29.1 Å². The number of nitrogens with two attached hydrogens (primary N) is 1. The van der Waals surface area contributed by atoms with Gasteiger partial charge in [-0.3, -0.25) is 24.0 Å². The third kappa shape index (κ3) is 7.04. The lowest BCUT2D eigenvalue weighted by Crippen LogP contribution is -2.26. The molecule has 4 heterocycles. The number of hydrogen-bond donors (Lipinski definition) is 2. The standard InChI is InChI=1S/C18H15FN4O3.C10H9FN4O/c1-12-14(19)10-20-17(21-12)23-9-5-8-15(16(23)24)22-18(25)26-11-13-6-3-2-4-7-13;1-6-7(11)5-13-10(14-6)15-4-2-3-8(12)9(15)16/h2-10H,11H2,1H3,(H,22,25);2-5H,12H2,1H3. The van der Waals surface area contributed by atoms with Crippen LogP contribution in [0.15, 0.2) is 89.0 Å². The number of nitrogens with zero attached hydrogens (tertiary/aromatic N) is 6. The van der Waals surface area contributed by atoms with Gasteiger partial charge in [0.25, 0.3) is 11.1 Å². The molecule has 0 aliphatic carbocycles. The first kappa shape index (κ1) is 29.2. The van der Waals surface area contributed by atoms with Crippen molar-refractivity contribution in [3.8, 4) is 11.9 Å². The number of aryl methyl sites for hydroxylation is 2. The minimum Gasteiger partial charge on any atom is -0.444 e. The number of nitrogen functional groups attached to an aromatic ring is 1. The van der Waals surface area contributed by atoms with Crippen LogP contribution in [0.5, 0.6) is 0 Å². The molecule has 0 saturated heterocycles. The van der Waals surface area contributed by atoms with Crippen molar-refractivity contribution in [3.63, 3.8) is 0 Å². The number of rotatable bonds is 5. The molecule has 12 nitrogen and oxygen atoms in total. The number of carbonyl (C=O) groups is 1. The molecule has 5 aromatic rings. The molecule has 1 aromatic carbocycles. The molecule has 0 aliphatic rings. The molecule has 0 saturated carbocycles. The van der Waals surface area contributed by atoms with E-state index >= 15 is 0 Å². The Hall–Kier alpha value is -5.79. The van der Waals surface area contributed by atoms with Crippen molar-refractivity contribution >= 4 is 17.5 Å². The minimum atomic E-state index is -0.764. The second-order valence-corrected chi connectivity index (χ2v) is 8.63. The van der Waals surface area contributed by atoms with E-state index in [9.17, 15) is 23.2 Å². The number of hydrogen-bond acceptors (Lipinski definition) is 9. The Morgan fingerprint density at radius 1 is 0.833 bits per heavy atom. The number of benzene rings is 1. The van der Waals surface area contributed by atoms with Gasteiger partial charge in [-0.05, 0) is 43.7 Å². The lowest BCUT2D eigenvalue weighted by Gasteiger charge is -2.09. The first-order chi connectivity index (χ1) is 20.1. The van der Waals surface area contributed by atoms with Crippen LogP contribution in [0.4, 0.5) is 25.0 Å². The maximum Gasteiger partial charge on any atom is 0.412 e. The maximum atomic E-state index is 13.3. The molecule has 0 bridgehead atoms. The van der Waals surface area contributed by atoms with E-state index in [0.717, 1.165) is 22.5 Å². The summed E-state index contributed by atoms with van der Waals surface area (Å²) in [4.78, 5) is 51.4. The van der Waals surface area contributed by atoms with Crippen molar-refractivity contribution in [2.45, 2.75) is 20.5 Å². The normalized spacial score (nSPS) is 10.4. The maximum absolute atomic E-state index is 13.3. The summed E-state index contributed by atoms with van der Waals surface area (Å²) in [6, 6.07) is 15.2. The summed E-state index contributed by atoms with van der Waals surface area (Å²) in [5, 5.41) is 2.39. The number of halogens is 2. The quantitative estimate of drug-likeness (QED) is 0.320. The smallest absolute Gasteiger partial charge is 0.412 e. The largest absolute Gasteiger partial charge is 0.444 e. The number of anilines is 2. The van der Waals surface area contributed by atoms with Crippen LogP contribution >= 0.6 is 0 Å². The fraction of sp³-hybridized carbons (Fsp3) is 0.107. The van der Waals surface area contributed by atoms with Gasteiger partial charge in [-0.25, -0.2) is 33.5 Å². The fourth-order valence-corrected chi connectivity index (χ4v) is 3.40. The summed E-state index contributed by atoms with van der Waals surface area (Å²) >= 11 is 0. The summed E-state index contributed by atoms with van der Waals surface area (Å²) in [7, 11) is 0. The zero-order chi connectivity index (χ0) is 30.2. The van der Waals surface area contributed by atoms with Crippen LogP contribution in [-0.4, -0.2) is 35.2 Å². The zero-order valence-corrected chi connectivity index (χ0v) is 22.4. The van der Waals surface area contributed by atoms with Gasteiger partial charge in [-0.15, -0.1) is 0 Å². The molecule has 42 heavy (non-hydrogen) atoms. The summed E-state index contributed by atoms with van der Waals surface area (Å²) in [6.07, 6.45) is 4.15. The number of ether oxygens (including phenoxy) is 1. The zero-order valence-electron chi connectivity index (χ0n) is 22.4. The molecule has 214 valence electrons. The predicted molar refractivity (Wildman–Crippen MR) is 149 cm³/mol. The first-order valence-corrected chi connectivity index (χ1v) is 12.3. The topological polar surface area (TPSA) is 160 Å². The van der Waals surface area contributed by atoms with Gasteiger partial charge in [0.05, 0.1) is 29.5 Å². The molecule has 4 aromatic heterocycles. The van der Waals surface area contributed by atoms with Gasteiger partial charge in [-0.2, -0.15) is 0 Å². The summed E-state index contributed by atoms with van der Waals surface area (Å²) in [5.74, 6) is -0.965. The number of nitrogens with one attached hydrogen (secondary N) is 1. The average Bonchev–Trinajstić information content (AvgIpc) is 2.98. The van der Waals surface area contributed by atoms with Gasteiger partial charge in [0.15, 0.2) is 11.6 Å². The molecule has 0 fully saturated rings. The molecule has 0 radical (unpaired) electrons. The van der Waals surface area contributed by atoms with E-state index in [2.05, 4.69) is 25.3 Å². The van der Waals surface area contributed by atoms with Crippen molar-refractivity contribution in [2.24, 2.45) is 0 Å². The highest BCUT2D eigenvalue weighted by Gasteiger charge is 2.12. The molecular formula is C28H24F2N8O4. The average molecular weight is 575 g/mol.